The number of nitrogens with zero attached hydrogens (tertiary/aromatic N) is 1. The van der Waals surface area contributed by atoms with Gasteiger partial charge < -0.3 is 9.64 Å². The van der Waals surface area contributed by atoms with Crippen LogP contribution in [-0.2, 0) is 9.53 Å². The van der Waals surface area contributed by atoms with Crippen LogP contribution < -0.4 is 4.90 Å². The number of rotatable bonds is 2. The van der Waals surface area contributed by atoms with E-state index in [0.717, 1.165) is 17.7 Å². The summed E-state index contributed by atoms with van der Waals surface area (Å²) in [5, 5.41) is 0. The minimum absolute atomic E-state index is 0.189. The molecule has 1 aromatic rings. The average Bonchev–Trinajstić information content (AvgIpc) is 2.33. The normalized spacial score (nSPS) is 14.1. The lowest BCUT2D eigenvalue weighted by atomic mass is 9.97. The molecule has 3 heteroatoms. The highest BCUT2D eigenvalue weighted by molar-refractivity contribution is 5.90. The van der Waals surface area contributed by atoms with E-state index >= 15 is 0 Å². The summed E-state index contributed by atoms with van der Waals surface area (Å²) in [6.07, 6.45) is 2.43. The van der Waals surface area contributed by atoms with Gasteiger partial charge >= 0.3 is 5.97 Å². The van der Waals surface area contributed by atoms with Gasteiger partial charge in [-0.1, -0.05) is 24.3 Å². The Balaban J connectivity index is 2.32. The smallest absolute Gasteiger partial charge is 0.309 e. The molecule has 0 atom stereocenters. The Morgan fingerprint density at radius 3 is 2.94 bits per heavy atom. The standard InChI is InChI=1S/C13H15NO2/c1-14-8-7-10(9-13(15)16-2)11-5-3-4-6-12(11)14/h3-7H,8-9H2,1-2H3. The summed E-state index contributed by atoms with van der Waals surface area (Å²) in [4.78, 5) is 13.5. The van der Waals surface area contributed by atoms with Crippen LogP contribution in [0.4, 0.5) is 5.69 Å². The van der Waals surface area contributed by atoms with Crippen LogP contribution in [0.5, 0.6) is 0 Å². The summed E-state index contributed by atoms with van der Waals surface area (Å²) < 4.78 is 4.70. The third-order valence-electron chi connectivity index (χ3n) is 2.84. The van der Waals surface area contributed by atoms with Crippen LogP contribution in [0.25, 0.3) is 5.57 Å². The van der Waals surface area contributed by atoms with Crippen LogP contribution in [0, 0.1) is 0 Å². The molecule has 2 rings (SSSR count). The number of ether oxygens (including phenoxy) is 1. The fraction of sp³-hybridized carbons (Fsp3) is 0.308. The highest BCUT2D eigenvalue weighted by Gasteiger charge is 2.17. The molecule has 16 heavy (non-hydrogen) atoms. The average molecular weight is 217 g/mol. The first-order valence-corrected chi connectivity index (χ1v) is 5.28. The number of likely N-dealkylation sites (N-methyl/N-ethyl adjacent to an activating group) is 1. The molecule has 0 fully saturated rings. The molecule has 0 aliphatic carbocycles. The summed E-state index contributed by atoms with van der Waals surface area (Å²) in [6, 6.07) is 8.11. The van der Waals surface area contributed by atoms with Crippen molar-refractivity contribution < 1.29 is 9.53 Å². The van der Waals surface area contributed by atoms with E-state index in [1.165, 1.54) is 12.8 Å². The monoisotopic (exact) mass is 217 g/mol. The maximum atomic E-state index is 11.3. The number of anilines is 1. The Morgan fingerprint density at radius 2 is 2.19 bits per heavy atom. The molecule has 1 aromatic carbocycles. The molecule has 1 heterocycles. The van der Waals surface area contributed by atoms with E-state index in [1.54, 1.807) is 0 Å². The Hall–Kier alpha value is -1.77. The molecule has 0 N–H and O–H groups in total. The number of fused-ring (bicyclic) bond motifs is 1. The first-order chi connectivity index (χ1) is 7.72. The number of hydrogen-bond donors (Lipinski definition) is 0. The molecule has 3 nitrogen and oxygen atoms in total. The Kier molecular flexibility index (Phi) is 2.95. The van der Waals surface area contributed by atoms with Gasteiger partial charge in [0.2, 0.25) is 0 Å². The van der Waals surface area contributed by atoms with Crippen LogP contribution in [0.15, 0.2) is 30.3 Å². The largest absolute Gasteiger partial charge is 0.469 e. The molecule has 1 aliphatic rings. The van der Waals surface area contributed by atoms with Gasteiger partial charge in [0.15, 0.2) is 0 Å². The van der Waals surface area contributed by atoms with Crippen molar-refractivity contribution in [2.45, 2.75) is 6.42 Å². The van der Waals surface area contributed by atoms with Crippen LogP contribution >= 0.6 is 0 Å². The lowest BCUT2D eigenvalue weighted by Gasteiger charge is -2.26. The SMILES string of the molecule is COC(=O)CC1=CCN(C)c2ccccc21. The van der Waals surface area contributed by atoms with E-state index in [-0.39, 0.29) is 5.97 Å². The maximum absolute atomic E-state index is 11.3. The zero-order chi connectivity index (χ0) is 11.5. The molecule has 84 valence electrons. The summed E-state index contributed by atoms with van der Waals surface area (Å²) in [7, 11) is 3.47. The Bertz CT molecular complexity index is 437. The summed E-state index contributed by atoms with van der Waals surface area (Å²) >= 11 is 0. The third kappa shape index (κ3) is 1.94. The molecule has 0 spiro atoms. The van der Waals surface area contributed by atoms with Crippen LogP contribution in [0.2, 0.25) is 0 Å². The van der Waals surface area contributed by atoms with Gasteiger partial charge in [0.05, 0.1) is 13.5 Å². The summed E-state index contributed by atoms with van der Waals surface area (Å²) in [5.74, 6) is -0.189. The fourth-order valence-corrected chi connectivity index (χ4v) is 1.93. The van der Waals surface area contributed by atoms with Crippen molar-refractivity contribution >= 4 is 17.2 Å². The zero-order valence-electron chi connectivity index (χ0n) is 9.56. The second kappa shape index (κ2) is 4.39. The third-order valence-corrected chi connectivity index (χ3v) is 2.84. The second-order valence-electron chi connectivity index (χ2n) is 3.88. The number of para-hydroxylation sites is 1. The number of methoxy groups -OCH3 is 1. The van der Waals surface area contributed by atoms with Crippen LogP contribution in [0.1, 0.15) is 12.0 Å². The number of carbonyl (C=O) groups excluding carboxylic acids is 1. The lowest BCUT2D eigenvalue weighted by molar-refractivity contribution is -0.139. The lowest BCUT2D eigenvalue weighted by Crippen LogP contribution is -2.22. The van der Waals surface area contributed by atoms with Gasteiger partial charge in [-0.3, -0.25) is 4.79 Å². The van der Waals surface area contributed by atoms with Gasteiger partial charge in [0, 0.05) is 24.8 Å². The van der Waals surface area contributed by atoms with Gasteiger partial charge in [0.1, 0.15) is 0 Å². The number of esters is 1. The molecular formula is C13H15NO2. The molecule has 0 radical (unpaired) electrons. The first-order valence-electron chi connectivity index (χ1n) is 5.28. The van der Waals surface area contributed by atoms with Gasteiger partial charge in [0.25, 0.3) is 0 Å². The highest BCUT2D eigenvalue weighted by atomic mass is 16.5. The van der Waals surface area contributed by atoms with E-state index < -0.39 is 0 Å². The van der Waals surface area contributed by atoms with Gasteiger partial charge in [-0.05, 0) is 11.6 Å². The maximum Gasteiger partial charge on any atom is 0.309 e. The quantitative estimate of drug-likeness (QED) is 0.710. The van der Waals surface area contributed by atoms with Gasteiger partial charge in [-0.2, -0.15) is 0 Å². The predicted octanol–water partition coefficient (Wildman–Crippen LogP) is 2.08. The van der Waals surface area contributed by atoms with Crippen LogP contribution in [-0.4, -0.2) is 26.7 Å². The van der Waals surface area contributed by atoms with Crippen molar-refractivity contribution in [3.63, 3.8) is 0 Å². The van der Waals surface area contributed by atoms with E-state index in [4.69, 9.17) is 4.74 Å². The minimum Gasteiger partial charge on any atom is -0.469 e. The number of carbonyl (C=O) groups is 1. The fourth-order valence-electron chi connectivity index (χ4n) is 1.93. The minimum atomic E-state index is -0.189. The van der Waals surface area contributed by atoms with Crippen molar-refractivity contribution in [3.8, 4) is 0 Å². The first kappa shape index (κ1) is 10.7. The molecule has 1 aliphatic heterocycles. The highest BCUT2D eigenvalue weighted by Crippen LogP contribution is 2.32. The topological polar surface area (TPSA) is 29.5 Å². The van der Waals surface area contributed by atoms with E-state index in [1.807, 2.05) is 25.2 Å². The van der Waals surface area contributed by atoms with Crippen molar-refractivity contribution in [1.82, 2.24) is 0 Å². The molecular weight excluding hydrogens is 202 g/mol. The Labute approximate surface area is 95.3 Å². The second-order valence-corrected chi connectivity index (χ2v) is 3.88. The van der Waals surface area contributed by atoms with Crippen LogP contribution in [0.3, 0.4) is 0 Å². The molecule has 0 amide bonds. The van der Waals surface area contributed by atoms with Gasteiger partial charge in [-0.25, -0.2) is 0 Å². The summed E-state index contributed by atoms with van der Waals surface area (Å²) in [5.41, 5.74) is 3.35. The molecule has 0 saturated heterocycles. The van der Waals surface area contributed by atoms with Gasteiger partial charge in [-0.15, -0.1) is 0 Å². The van der Waals surface area contributed by atoms with Crippen molar-refractivity contribution in [2.75, 3.05) is 25.6 Å². The van der Waals surface area contributed by atoms with E-state index in [9.17, 15) is 4.79 Å². The van der Waals surface area contributed by atoms with Crippen molar-refractivity contribution in [1.29, 1.82) is 0 Å². The van der Waals surface area contributed by atoms with Crippen molar-refractivity contribution in [2.24, 2.45) is 0 Å². The molecule has 0 unspecified atom stereocenters. The predicted molar refractivity (Wildman–Crippen MR) is 64.3 cm³/mol. The summed E-state index contributed by atoms with van der Waals surface area (Å²) in [6.45, 7) is 0.837. The molecule has 0 saturated carbocycles. The van der Waals surface area contributed by atoms with Crippen molar-refractivity contribution in [3.05, 3.63) is 35.9 Å². The molecule has 0 bridgehead atoms. The Morgan fingerprint density at radius 1 is 1.44 bits per heavy atom. The zero-order valence-corrected chi connectivity index (χ0v) is 9.56. The number of benzene rings is 1. The van der Waals surface area contributed by atoms with E-state index in [2.05, 4.69) is 17.0 Å². The van der Waals surface area contributed by atoms with E-state index in [0.29, 0.717) is 6.42 Å². The molecule has 0 aromatic heterocycles. The number of hydrogen-bond acceptors (Lipinski definition) is 3.